The zero-order valence-corrected chi connectivity index (χ0v) is 15.6. The summed E-state index contributed by atoms with van der Waals surface area (Å²) < 4.78 is 46.2. The number of hydrogen-bond acceptors (Lipinski definition) is 3. The van der Waals surface area contributed by atoms with Crippen molar-refractivity contribution in [3.8, 4) is 0 Å². The summed E-state index contributed by atoms with van der Waals surface area (Å²) in [6.07, 6.45) is -0.0373. The molecule has 0 radical (unpaired) electrons. The topological polar surface area (TPSA) is 38.8 Å². The Labute approximate surface area is 160 Å². The van der Waals surface area contributed by atoms with E-state index in [9.17, 15) is 17.7 Å². The number of amides is 1. The molecule has 0 aliphatic carbocycles. The minimum Gasteiger partial charge on any atom is -0.447 e. The van der Waals surface area contributed by atoms with Gasteiger partial charge in [-0.25, -0.2) is 4.79 Å². The second kappa shape index (κ2) is 8.38. The molecule has 20 heavy (non-hydrogen) atoms. The summed E-state index contributed by atoms with van der Waals surface area (Å²) in [5.74, 6) is 0. The largest absolute Gasteiger partial charge is 1.00 e. The van der Waals surface area contributed by atoms with Crippen molar-refractivity contribution >= 4 is 13.1 Å². The predicted octanol–water partition coefficient (Wildman–Crippen LogP) is -0.207. The summed E-state index contributed by atoms with van der Waals surface area (Å²) in [5.41, 5.74) is -0.566. The van der Waals surface area contributed by atoms with Crippen LogP contribution in [0, 0.1) is 0 Å². The number of rotatable bonds is 3. The van der Waals surface area contributed by atoms with Crippen LogP contribution >= 0.6 is 0 Å². The number of piperidine rings is 1. The summed E-state index contributed by atoms with van der Waals surface area (Å²) in [7, 11) is 0. The summed E-state index contributed by atoms with van der Waals surface area (Å²) >= 11 is 0. The quantitative estimate of drug-likeness (QED) is 0.676. The average Bonchev–Trinajstić information content (AvgIpc) is 2.23. The van der Waals surface area contributed by atoms with E-state index in [0.29, 0.717) is 25.9 Å². The Kier molecular flexibility index (Phi) is 8.68. The van der Waals surface area contributed by atoms with Crippen molar-refractivity contribution < 1.29 is 78.6 Å². The van der Waals surface area contributed by atoms with Crippen LogP contribution in [0.3, 0.4) is 0 Å². The van der Waals surface area contributed by atoms with Gasteiger partial charge in [-0.3, -0.25) is 0 Å². The van der Waals surface area contributed by atoms with E-state index in [1.54, 1.807) is 20.8 Å². The van der Waals surface area contributed by atoms with E-state index >= 15 is 0 Å². The molecule has 0 N–H and O–H groups in total. The maximum atomic E-state index is 12.1. The average molecular weight is 321 g/mol. The van der Waals surface area contributed by atoms with Crippen LogP contribution in [-0.2, 0) is 9.47 Å². The van der Waals surface area contributed by atoms with Crippen molar-refractivity contribution in [1.29, 1.82) is 0 Å². The van der Waals surface area contributed by atoms with E-state index in [-0.39, 0.29) is 51.4 Å². The molecule has 0 aromatic heterocycles. The molecule has 1 rings (SSSR count). The number of carbonyl (C=O) groups is 1. The van der Waals surface area contributed by atoms with Crippen molar-refractivity contribution in [2.75, 3.05) is 19.6 Å². The van der Waals surface area contributed by atoms with Gasteiger partial charge in [0, 0.05) is 19.6 Å². The molecule has 0 unspecified atom stereocenters. The van der Waals surface area contributed by atoms with Crippen LogP contribution in [0.4, 0.5) is 17.7 Å². The van der Waals surface area contributed by atoms with E-state index in [1.807, 2.05) is 0 Å². The molecule has 0 atom stereocenters. The van der Waals surface area contributed by atoms with Gasteiger partial charge in [0.2, 0.25) is 0 Å². The Balaban J connectivity index is 0.00000361. The first-order valence-corrected chi connectivity index (χ1v) is 6.37. The van der Waals surface area contributed by atoms with E-state index in [1.165, 1.54) is 4.90 Å². The van der Waals surface area contributed by atoms with Crippen molar-refractivity contribution in [2.24, 2.45) is 0 Å². The molecule has 1 fully saturated rings. The third-order valence-electron chi connectivity index (χ3n) is 2.61. The summed E-state index contributed by atoms with van der Waals surface area (Å²) in [6.45, 7) is -0.0329. The zero-order chi connectivity index (χ0) is 14.7. The van der Waals surface area contributed by atoms with Crippen molar-refractivity contribution in [3.05, 3.63) is 0 Å². The SMILES string of the molecule is CC(C)(C)OC(=O)N1CCC(OC[B-](F)(F)F)CC1.[K+]. The van der Waals surface area contributed by atoms with Crippen LogP contribution in [0.1, 0.15) is 33.6 Å². The first-order valence-electron chi connectivity index (χ1n) is 6.37. The number of halogens is 3. The predicted molar refractivity (Wildman–Crippen MR) is 65.9 cm³/mol. The molecule has 1 amide bonds. The Morgan fingerprint density at radius 1 is 1.25 bits per heavy atom. The van der Waals surface area contributed by atoms with E-state index in [2.05, 4.69) is 0 Å². The smallest absolute Gasteiger partial charge is 0.447 e. The molecule has 1 aliphatic rings. The maximum Gasteiger partial charge on any atom is 1.00 e. The molecule has 1 aliphatic heterocycles. The van der Waals surface area contributed by atoms with Gasteiger partial charge in [0.25, 0.3) is 0 Å². The van der Waals surface area contributed by atoms with Gasteiger partial charge in [0.15, 0.2) is 0 Å². The van der Waals surface area contributed by atoms with Crippen LogP contribution in [0.15, 0.2) is 0 Å². The molecule has 1 heterocycles. The molecular formula is C11H20BF3KNO3. The third-order valence-corrected chi connectivity index (χ3v) is 2.61. The van der Waals surface area contributed by atoms with Gasteiger partial charge in [-0.2, -0.15) is 0 Å². The minimum atomic E-state index is -4.90. The first-order chi connectivity index (χ1) is 8.57. The number of hydrogen-bond donors (Lipinski definition) is 0. The summed E-state index contributed by atoms with van der Waals surface area (Å²) in [4.78, 5) is 13.2. The van der Waals surface area contributed by atoms with Gasteiger partial charge in [-0.05, 0) is 33.6 Å². The van der Waals surface area contributed by atoms with Gasteiger partial charge in [-0.1, -0.05) is 0 Å². The zero-order valence-electron chi connectivity index (χ0n) is 12.5. The van der Waals surface area contributed by atoms with Gasteiger partial charge >= 0.3 is 64.5 Å². The summed E-state index contributed by atoms with van der Waals surface area (Å²) in [5, 5.41) is 0. The molecule has 0 bridgehead atoms. The molecular weight excluding hydrogens is 301 g/mol. The van der Waals surface area contributed by atoms with Crippen LogP contribution in [0.25, 0.3) is 0 Å². The van der Waals surface area contributed by atoms with Crippen molar-refractivity contribution in [1.82, 2.24) is 4.90 Å². The Bertz CT molecular complexity index is 315. The fourth-order valence-corrected chi connectivity index (χ4v) is 1.78. The standard InChI is InChI=1S/C11H20BF3NO3.K/c1-11(2,3)19-10(17)16-6-4-9(5-7-16)18-8-12(13,14)15;/h9H,4-8H2,1-3H3;/q-1;+1. The monoisotopic (exact) mass is 321 g/mol. The van der Waals surface area contributed by atoms with Gasteiger partial charge in [0.05, 0.1) is 6.10 Å². The van der Waals surface area contributed by atoms with Gasteiger partial charge in [-0.15, -0.1) is 0 Å². The fourth-order valence-electron chi connectivity index (χ4n) is 1.78. The van der Waals surface area contributed by atoms with Gasteiger partial charge in [0.1, 0.15) is 5.60 Å². The number of likely N-dealkylation sites (tertiary alicyclic amines) is 1. The number of carbonyl (C=O) groups excluding carboxylic acids is 1. The van der Waals surface area contributed by atoms with Crippen molar-refractivity contribution in [2.45, 2.75) is 45.3 Å². The third kappa shape index (κ3) is 8.89. The van der Waals surface area contributed by atoms with Crippen LogP contribution in [0.5, 0.6) is 0 Å². The fraction of sp³-hybridized carbons (Fsp3) is 0.909. The van der Waals surface area contributed by atoms with E-state index in [4.69, 9.17) is 9.47 Å². The molecule has 0 saturated carbocycles. The van der Waals surface area contributed by atoms with E-state index < -0.39 is 31.3 Å². The first kappa shape index (κ1) is 20.7. The Hall–Kier alpha value is 0.721. The molecule has 0 spiro atoms. The van der Waals surface area contributed by atoms with Gasteiger partial charge < -0.3 is 27.3 Å². The van der Waals surface area contributed by atoms with E-state index in [0.717, 1.165) is 0 Å². The molecule has 1 saturated heterocycles. The maximum absolute atomic E-state index is 12.1. The molecule has 9 heteroatoms. The van der Waals surface area contributed by atoms with Crippen molar-refractivity contribution in [3.63, 3.8) is 0 Å². The second-order valence-electron chi connectivity index (χ2n) is 5.71. The van der Waals surface area contributed by atoms with Crippen LogP contribution < -0.4 is 51.4 Å². The summed E-state index contributed by atoms with van der Waals surface area (Å²) in [6, 6.07) is 0. The number of nitrogens with zero attached hydrogens (tertiary/aromatic N) is 1. The molecule has 4 nitrogen and oxygen atoms in total. The number of ether oxygens (including phenoxy) is 2. The Morgan fingerprint density at radius 3 is 2.15 bits per heavy atom. The minimum absolute atomic E-state index is 0. The van der Waals surface area contributed by atoms with Crippen LogP contribution in [-0.4, -0.2) is 49.3 Å². The molecule has 0 aromatic rings. The molecule has 112 valence electrons. The molecule has 0 aromatic carbocycles. The van der Waals surface area contributed by atoms with Crippen LogP contribution in [0.2, 0.25) is 0 Å². The second-order valence-corrected chi connectivity index (χ2v) is 5.71. The Morgan fingerprint density at radius 2 is 1.75 bits per heavy atom. The normalized spacial score (nSPS) is 17.6.